The molecule has 38 heavy (non-hydrogen) atoms. The Labute approximate surface area is 212 Å². The Balaban J connectivity index is 1.68. The van der Waals surface area contributed by atoms with E-state index in [0.29, 0.717) is 25.0 Å². The van der Waals surface area contributed by atoms with Gasteiger partial charge in [0, 0.05) is 36.1 Å². The van der Waals surface area contributed by atoms with E-state index in [1.165, 1.54) is 0 Å². The number of rotatable bonds is 10. The molecule has 0 radical (unpaired) electrons. The molecule has 1 aliphatic carbocycles. The Kier molecular flexibility index (Phi) is 8.36. The lowest BCUT2D eigenvalue weighted by Crippen LogP contribution is -2.28. The minimum absolute atomic E-state index is 0.204. The number of carbonyl (C=O) groups excluding carboxylic acids is 2. The van der Waals surface area contributed by atoms with E-state index in [4.69, 9.17) is 9.47 Å². The molecule has 0 bridgehead atoms. The molecule has 2 aromatic carbocycles. The van der Waals surface area contributed by atoms with Crippen LogP contribution in [0.25, 0.3) is 0 Å². The van der Waals surface area contributed by atoms with E-state index in [2.05, 4.69) is 0 Å². The van der Waals surface area contributed by atoms with E-state index in [0.717, 1.165) is 24.3 Å². The van der Waals surface area contributed by atoms with Gasteiger partial charge >= 0.3 is 11.9 Å². The monoisotopic (exact) mass is 530 g/mol. The number of carbonyl (C=O) groups is 2. The Morgan fingerprint density at radius 1 is 0.605 bits per heavy atom. The maximum Gasteiger partial charge on any atom is 0.338 e. The second-order valence-corrected chi connectivity index (χ2v) is 8.16. The van der Waals surface area contributed by atoms with Crippen molar-refractivity contribution < 1.29 is 38.8 Å². The van der Waals surface area contributed by atoms with Crippen molar-refractivity contribution in [3.63, 3.8) is 0 Å². The zero-order chi connectivity index (χ0) is 28.0. The van der Waals surface area contributed by atoms with E-state index >= 15 is 0 Å². The molecule has 0 spiro atoms. The van der Waals surface area contributed by atoms with Gasteiger partial charge in [-0.25, -0.2) is 9.59 Å². The lowest BCUT2D eigenvalue weighted by molar-refractivity contribution is -0.394. The van der Waals surface area contributed by atoms with Crippen LogP contribution in [0.15, 0.2) is 48.6 Å². The van der Waals surface area contributed by atoms with Gasteiger partial charge in [0.25, 0.3) is 22.7 Å². The summed E-state index contributed by atoms with van der Waals surface area (Å²) >= 11 is 0. The normalized spacial score (nSPS) is 16.3. The molecule has 16 heteroatoms. The van der Waals surface area contributed by atoms with Crippen LogP contribution >= 0.6 is 0 Å². The highest BCUT2D eigenvalue weighted by atomic mass is 16.6. The van der Waals surface area contributed by atoms with Gasteiger partial charge in [0.15, 0.2) is 0 Å². The number of hydrogen-bond acceptors (Lipinski definition) is 12. The summed E-state index contributed by atoms with van der Waals surface area (Å²) in [6.07, 6.45) is 4.43. The number of non-ortho nitro benzene ring substituents is 4. The van der Waals surface area contributed by atoms with Crippen LogP contribution in [-0.2, 0) is 9.47 Å². The van der Waals surface area contributed by atoms with Gasteiger partial charge in [0.1, 0.15) is 0 Å². The largest absolute Gasteiger partial charge is 0.462 e. The first kappa shape index (κ1) is 27.3. The molecule has 2 unspecified atom stereocenters. The molecule has 0 heterocycles. The van der Waals surface area contributed by atoms with E-state index in [1.54, 1.807) is 12.2 Å². The lowest BCUT2D eigenvalue weighted by atomic mass is 9.84. The van der Waals surface area contributed by atoms with Crippen LogP contribution in [0.3, 0.4) is 0 Å². The average molecular weight is 530 g/mol. The number of ether oxygens (including phenoxy) is 2. The molecular weight excluding hydrogens is 512 g/mol. The molecule has 0 aromatic heterocycles. The summed E-state index contributed by atoms with van der Waals surface area (Å²) in [5.41, 5.74) is -3.38. The molecule has 0 saturated carbocycles. The number of allylic oxidation sites excluding steroid dienone is 2. The van der Waals surface area contributed by atoms with E-state index in [9.17, 15) is 50.0 Å². The zero-order valence-corrected chi connectivity index (χ0v) is 19.3. The molecule has 0 N–H and O–H groups in total. The SMILES string of the molecule is O=C(OCC1CC=CCC1COC(=O)c1cc([N+](=O)[O-])cc([N+](=O)[O-])c1)c1cc([N+](=O)[O-])cc([N+](=O)[O-])c1. The summed E-state index contributed by atoms with van der Waals surface area (Å²) in [5.74, 6) is -2.79. The first-order valence-electron chi connectivity index (χ1n) is 10.8. The van der Waals surface area contributed by atoms with Crippen LogP contribution in [0, 0.1) is 52.3 Å². The molecule has 0 amide bonds. The molecule has 16 nitrogen and oxygen atoms in total. The van der Waals surface area contributed by atoms with Gasteiger partial charge in [-0.15, -0.1) is 0 Å². The average Bonchev–Trinajstić information content (AvgIpc) is 2.89. The third kappa shape index (κ3) is 6.68. The summed E-state index contributed by atoms with van der Waals surface area (Å²) in [7, 11) is 0. The van der Waals surface area contributed by atoms with Crippen molar-refractivity contribution in [2.75, 3.05) is 13.2 Å². The third-order valence-electron chi connectivity index (χ3n) is 5.69. The number of nitro benzene ring substituents is 4. The van der Waals surface area contributed by atoms with Crippen molar-refractivity contribution in [1.82, 2.24) is 0 Å². The lowest BCUT2D eigenvalue weighted by Gasteiger charge is -2.27. The van der Waals surface area contributed by atoms with Crippen molar-refractivity contribution >= 4 is 34.7 Å². The molecular formula is C22H18N4O12. The maximum atomic E-state index is 12.5. The summed E-state index contributed by atoms with van der Waals surface area (Å²) < 4.78 is 10.5. The predicted molar refractivity (Wildman–Crippen MR) is 125 cm³/mol. The van der Waals surface area contributed by atoms with Gasteiger partial charge in [-0.2, -0.15) is 0 Å². The predicted octanol–water partition coefficient (Wildman–Crippen LogP) is 3.92. The number of nitrogens with zero attached hydrogens (tertiary/aromatic N) is 4. The fraction of sp³-hybridized carbons (Fsp3) is 0.273. The van der Waals surface area contributed by atoms with E-state index in [-0.39, 0.29) is 36.2 Å². The van der Waals surface area contributed by atoms with Crippen LogP contribution in [-0.4, -0.2) is 44.8 Å². The first-order chi connectivity index (χ1) is 18.0. The van der Waals surface area contributed by atoms with Crippen molar-refractivity contribution in [2.45, 2.75) is 12.8 Å². The van der Waals surface area contributed by atoms with Gasteiger partial charge in [-0.05, 0) is 12.8 Å². The number of nitro groups is 4. The van der Waals surface area contributed by atoms with Crippen molar-refractivity contribution in [3.8, 4) is 0 Å². The van der Waals surface area contributed by atoms with Gasteiger partial charge in [-0.1, -0.05) is 12.2 Å². The van der Waals surface area contributed by atoms with Crippen LogP contribution in [0.4, 0.5) is 22.7 Å². The second-order valence-electron chi connectivity index (χ2n) is 8.16. The minimum Gasteiger partial charge on any atom is -0.462 e. The van der Waals surface area contributed by atoms with Crippen molar-refractivity contribution in [2.24, 2.45) is 11.8 Å². The van der Waals surface area contributed by atoms with E-state index < -0.39 is 54.4 Å². The molecule has 198 valence electrons. The number of esters is 2. The van der Waals surface area contributed by atoms with Crippen molar-refractivity contribution in [1.29, 1.82) is 0 Å². The summed E-state index contributed by atoms with van der Waals surface area (Å²) in [6, 6.07) is 4.84. The van der Waals surface area contributed by atoms with Gasteiger partial charge < -0.3 is 9.47 Å². The van der Waals surface area contributed by atoms with Crippen LogP contribution in [0.5, 0.6) is 0 Å². The maximum absolute atomic E-state index is 12.5. The second kappa shape index (κ2) is 11.6. The molecule has 0 saturated heterocycles. The first-order valence-corrected chi connectivity index (χ1v) is 10.8. The molecule has 2 atom stereocenters. The van der Waals surface area contributed by atoms with Crippen LogP contribution in [0.2, 0.25) is 0 Å². The zero-order valence-electron chi connectivity index (χ0n) is 19.3. The molecule has 2 aromatic rings. The summed E-state index contributed by atoms with van der Waals surface area (Å²) in [5, 5.41) is 44.2. The van der Waals surface area contributed by atoms with Crippen LogP contribution < -0.4 is 0 Å². The molecule has 3 rings (SSSR count). The molecule has 0 aliphatic heterocycles. The molecule has 0 fully saturated rings. The van der Waals surface area contributed by atoms with Gasteiger partial charge in [0.05, 0.1) is 56.2 Å². The van der Waals surface area contributed by atoms with Gasteiger partial charge in [0.2, 0.25) is 0 Å². The highest BCUT2D eigenvalue weighted by Crippen LogP contribution is 2.29. The highest BCUT2D eigenvalue weighted by Gasteiger charge is 2.28. The summed E-state index contributed by atoms with van der Waals surface area (Å²) in [4.78, 5) is 65.6. The Morgan fingerprint density at radius 2 is 0.895 bits per heavy atom. The number of benzene rings is 2. The fourth-order valence-electron chi connectivity index (χ4n) is 3.71. The highest BCUT2D eigenvalue weighted by molar-refractivity contribution is 5.91. The third-order valence-corrected chi connectivity index (χ3v) is 5.69. The van der Waals surface area contributed by atoms with Crippen molar-refractivity contribution in [3.05, 3.63) is 100 Å². The van der Waals surface area contributed by atoms with E-state index in [1.807, 2.05) is 0 Å². The minimum atomic E-state index is -1.02. The molecule has 1 aliphatic rings. The Hall–Kier alpha value is -5.28. The quantitative estimate of drug-likeness (QED) is 0.184. The topological polar surface area (TPSA) is 225 Å². The van der Waals surface area contributed by atoms with Gasteiger partial charge in [-0.3, -0.25) is 40.5 Å². The Bertz CT molecular complexity index is 1190. The standard InChI is InChI=1S/C22H18N4O12/c27-21(15-5-17(23(29)30)9-18(6-15)24(31)32)37-11-13-3-1-2-4-14(13)12-38-22(28)16-7-19(25(33)34)10-20(8-16)26(35)36/h1-2,5-10,13-14H,3-4,11-12H2. The Morgan fingerprint density at radius 3 is 1.16 bits per heavy atom. The number of hydrogen-bond donors (Lipinski definition) is 0. The van der Waals surface area contributed by atoms with Crippen LogP contribution in [0.1, 0.15) is 33.6 Å². The fourth-order valence-corrected chi connectivity index (χ4v) is 3.71. The summed E-state index contributed by atoms with van der Waals surface area (Å²) in [6.45, 7) is -0.408. The smallest absolute Gasteiger partial charge is 0.338 e.